The monoisotopic (exact) mass is 104 g/mol. The van der Waals surface area contributed by atoms with Crippen LogP contribution in [0.5, 0.6) is 0 Å². The van der Waals surface area contributed by atoms with Crippen molar-refractivity contribution >= 4 is 18.5 Å². The minimum absolute atomic E-state index is 0.0926. The maximum absolute atomic E-state index is 6.65. The van der Waals surface area contributed by atoms with Gasteiger partial charge in [-0.2, -0.15) is 12.6 Å². The summed E-state index contributed by atoms with van der Waals surface area (Å²) in [5.74, 6) is 0.123. The molecule has 0 unspecified atom stereocenters. The Bertz CT molecular complexity index is 59.8. The van der Waals surface area contributed by atoms with Crippen LogP contribution in [0, 0.1) is 5.41 Å². The molecule has 0 bridgehead atoms. The zero-order valence-electron chi connectivity index (χ0n) is 3.60. The van der Waals surface area contributed by atoms with E-state index in [-0.39, 0.29) is 11.1 Å². The van der Waals surface area contributed by atoms with Crippen LogP contribution in [0.2, 0.25) is 0 Å². The van der Waals surface area contributed by atoms with Gasteiger partial charge in [0.1, 0.15) is 5.84 Å². The van der Waals surface area contributed by atoms with Crippen LogP contribution in [0.3, 0.4) is 0 Å². The van der Waals surface area contributed by atoms with E-state index in [1.165, 1.54) is 0 Å². The SMILES string of the molecule is C[C@@H](S)C(=N)N. The van der Waals surface area contributed by atoms with E-state index in [1.54, 1.807) is 6.92 Å². The lowest BCUT2D eigenvalue weighted by molar-refractivity contribution is 1.24. The van der Waals surface area contributed by atoms with Crippen molar-refractivity contribution < 1.29 is 0 Å². The molecule has 0 radical (unpaired) electrons. The van der Waals surface area contributed by atoms with Crippen LogP contribution in [-0.4, -0.2) is 11.1 Å². The van der Waals surface area contributed by atoms with Gasteiger partial charge < -0.3 is 5.73 Å². The van der Waals surface area contributed by atoms with Crippen LogP contribution in [-0.2, 0) is 0 Å². The van der Waals surface area contributed by atoms with Gasteiger partial charge in [0.2, 0.25) is 0 Å². The predicted octanol–water partition coefficient (Wildman–Crippen LogP) is 0.241. The standard InChI is InChI=1S/C3H8N2S/c1-2(6)3(4)5/h2,6H,1H3,(H3,4,5)/t2-/m1/s1. The molecule has 0 aromatic carbocycles. The topological polar surface area (TPSA) is 49.9 Å². The molecule has 0 aliphatic heterocycles. The van der Waals surface area contributed by atoms with Crippen LogP contribution < -0.4 is 5.73 Å². The van der Waals surface area contributed by atoms with Crippen LogP contribution in [0.25, 0.3) is 0 Å². The van der Waals surface area contributed by atoms with Gasteiger partial charge in [-0.1, -0.05) is 0 Å². The largest absolute Gasteiger partial charge is 0.387 e. The zero-order valence-corrected chi connectivity index (χ0v) is 4.50. The molecule has 0 rings (SSSR count). The number of thiol groups is 1. The Labute approximate surface area is 42.6 Å². The first-order chi connectivity index (χ1) is 2.64. The zero-order chi connectivity index (χ0) is 5.15. The van der Waals surface area contributed by atoms with Crippen LogP contribution in [0.1, 0.15) is 6.92 Å². The van der Waals surface area contributed by atoms with Crippen LogP contribution in [0.15, 0.2) is 0 Å². The number of rotatable bonds is 1. The summed E-state index contributed by atoms with van der Waals surface area (Å²) in [5, 5.41) is 6.56. The Morgan fingerprint density at radius 3 is 2.17 bits per heavy atom. The first-order valence-electron chi connectivity index (χ1n) is 1.66. The summed E-state index contributed by atoms with van der Waals surface area (Å²) < 4.78 is 0. The highest BCUT2D eigenvalue weighted by Crippen LogP contribution is 1.86. The molecule has 0 aliphatic rings. The molecular formula is C3H8N2S. The number of nitrogens with one attached hydrogen (secondary N) is 1. The highest BCUT2D eigenvalue weighted by molar-refractivity contribution is 7.81. The van der Waals surface area contributed by atoms with Crippen molar-refractivity contribution in [3.05, 3.63) is 0 Å². The molecule has 3 heteroatoms. The van der Waals surface area contributed by atoms with Crippen molar-refractivity contribution in [1.29, 1.82) is 5.41 Å². The van der Waals surface area contributed by atoms with E-state index in [9.17, 15) is 0 Å². The fraction of sp³-hybridized carbons (Fsp3) is 0.667. The van der Waals surface area contributed by atoms with Gasteiger partial charge >= 0.3 is 0 Å². The third-order valence-electron chi connectivity index (χ3n) is 0.450. The summed E-state index contributed by atoms with van der Waals surface area (Å²) in [5.41, 5.74) is 4.94. The molecule has 2 nitrogen and oxygen atoms in total. The quantitative estimate of drug-likeness (QED) is 0.249. The fourth-order valence-corrected chi connectivity index (χ4v) is 0. The molecule has 0 spiro atoms. The third kappa shape index (κ3) is 2.08. The molecule has 36 valence electrons. The second-order valence-corrected chi connectivity index (χ2v) is 1.91. The van der Waals surface area contributed by atoms with Crippen LogP contribution in [0.4, 0.5) is 0 Å². The van der Waals surface area contributed by atoms with Gasteiger partial charge in [0, 0.05) is 0 Å². The Balaban J connectivity index is 3.26. The first kappa shape index (κ1) is 5.82. The number of amidine groups is 1. The molecule has 0 heterocycles. The van der Waals surface area contributed by atoms with Gasteiger partial charge in [-0.25, -0.2) is 0 Å². The average molecular weight is 104 g/mol. The van der Waals surface area contributed by atoms with Crippen LogP contribution >= 0.6 is 12.6 Å². The second kappa shape index (κ2) is 2.08. The van der Waals surface area contributed by atoms with E-state index in [4.69, 9.17) is 11.1 Å². The summed E-state index contributed by atoms with van der Waals surface area (Å²) in [6.07, 6.45) is 0. The summed E-state index contributed by atoms with van der Waals surface area (Å²) in [6.45, 7) is 1.76. The van der Waals surface area contributed by atoms with E-state index in [2.05, 4.69) is 12.6 Å². The molecule has 0 saturated carbocycles. The molecule has 3 N–H and O–H groups in total. The smallest absolute Gasteiger partial charge is 0.103 e. The van der Waals surface area contributed by atoms with Gasteiger partial charge in [-0.3, -0.25) is 5.41 Å². The minimum Gasteiger partial charge on any atom is -0.387 e. The van der Waals surface area contributed by atoms with E-state index in [1.807, 2.05) is 0 Å². The van der Waals surface area contributed by atoms with E-state index in [0.717, 1.165) is 0 Å². The molecule has 0 amide bonds. The maximum atomic E-state index is 6.65. The lowest BCUT2D eigenvalue weighted by Gasteiger charge is -1.94. The molecule has 0 aromatic heterocycles. The number of hydrogen-bond donors (Lipinski definition) is 3. The van der Waals surface area contributed by atoms with Crippen molar-refractivity contribution in [2.24, 2.45) is 5.73 Å². The van der Waals surface area contributed by atoms with Gasteiger partial charge in [0.25, 0.3) is 0 Å². The summed E-state index contributed by atoms with van der Waals surface area (Å²) >= 11 is 3.84. The van der Waals surface area contributed by atoms with E-state index >= 15 is 0 Å². The van der Waals surface area contributed by atoms with E-state index < -0.39 is 0 Å². The van der Waals surface area contributed by atoms with E-state index in [0.29, 0.717) is 0 Å². The lowest BCUT2D eigenvalue weighted by Crippen LogP contribution is -2.19. The molecule has 0 fully saturated rings. The maximum Gasteiger partial charge on any atom is 0.103 e. The van der Waals surface area contributed by atoms with Gasteiger partial charge in [-0.05, 0) is 6.92 Å². The lowest BCUT2D eigenvalue weighted by atomic mass is 10.4. The molecule has 0 aromatic rings. The molecular weight excluding hydrogens is 96.1 g/mol. The van der Waals surface area contributed by atoms with Gasteiger partial charge in [0.05, 0.1) is 5.25 Å². The summed E-state index contributed by atoms with van der Waals surface area (Å²) in [6, 6.07) is 0. The van der Waals surface area contributed by atoms with Crippen molar-refractivity contribution in [1.82, 2.24) is 0 Å². The molecule has 1 atom stereocenters. The van der Waals surface area contributed by atoms with Gasteiger partial charge in [0.15, 0.2) is 0 Å². The molecule has 0 saturated heterocycles. The predicted molar refractivity (Wildman–Crippen MR) is 30.4 cm³/mol. The van der Waals surface area contributed by atoms with Crippen molar-refractivity contribution in [3.63, 3.8) is 0 Å². The number of hydrogen-bond acceptors (Lipinski definition) is 2. The van der Waals surface area contributed by atoms with Crippen molar-refractivity contribution in [3.8, 4) is 0 Å². The summed E-state index contributed by atoms with van der Waals surface area (Å²) in [4.78, 5) is 0. The highest BCUT2D eigenvalue weighted by Gasteiger charge is 1.92. The highest BCUT2D eigenvalue weighted by atomic mass is 32.1. The number of nitrogens with two attached hydrogens (primary N) is 1. The average Bonchev–Trinajstić information content (AvgIpc) is 1.36. The Hall–Kier alpha value is -0.180. The third-order valence-corrected chi connectivity index (χ3v) is 0.728. The Kier molecular flexibility index (Phi) is 2.01. The van der Waals surface area contributed by atoms with Crippen molar-refractivity contribution in [2.75, 3.05) is 0 Å². The Morgan fingerprint density at radius 1 is 2.00 bits per heavy atom. The summed E-state index contributed by atoms with van der Waals surface area (Å²) in [7, 11) is 0. The van der Waals surface area contributed by atoms with Gasteiger partial charge in [-0.15, -0.1) is 0 Å². The molecule has 0 aliphatic carbocycles. The second-order valence-electron chi connectivity index (χ2n) is 1.13. The normalized spacial score (nSPS) is 13.7. The van der Waals surface area contributed by atoms with Crippen molar-refractivity contribution in [2.45, 2.75) is 12.2 Å². The molecule has 6 heavy (non-hydrogen) atoms. The Morgan fingerprint density at radius 2 is 2.17 bits per heavy atom. The fourth-order valence-electron chi connectivity index (χ4n) is 0. The minimum atomic E-state index is -0.0926. The first-order valence-corrected chi connectivity index (χ1v) is 2.18.